The van der Waals surface area contributed by atoms with Gasteiger partial charge in [0.05, 0.1) is 0 Å². The summed E-state index contributed by atoms with van der Waals surface area (Å²) in [7, 11) is 0. The normalized spacial score (nSPS) is 20.1. The lowest BCUT2D eigenvalue weighted by molar-refractivity contribution is 0.140. The molecule has 2 amide bonds. The molecule has 0 unspecified atom stereocenters. The zero-order valence-electron chi connectivity index (χ0n) is 9.88. The smallest absolute Gasteiger partial charge is 0.317 e. The van der Waals surface area contributed by atoms with E-state index in [-0.39, 0.29) is 6.03 Å². The molecule has 1 aliphatic heterocycles. The average Bonchev–Trinajstić information content (AvgIpc) is 2.18. The van der Waals surface area contributed by atoms with Gasteiger partial charge >= 0.3 is 6.03 Å². The van der Waals surface area contributed by atoms with Crippen molar-refractivity contribution < 1.29 is 4.79 Å². The van der Waals surface area contributed by atoms with E-state index in [9.17, 15) is 4.79 Å². The van der Waals surface area contributed by atoms with Crippen molar-refractivity contribution in [1.29, 1.82) is 0 Å². The molecule has 15 heavy (non-hydrogen) atoms. The molecule has 1 heterocycles. The first kappa shape index (κ1) is 12.3. The number of hydrogen-bond acceptors (Lipinski definition) is 2. The number of piperidine rings is 1. The first-order chi connectivity index (χ1) is 7.05. The molecule has 0 aromatic heterocycles. The quantitative estimate of drug-likeness (QED) is 0.691. The van der Waals surface area contributed by atoms with Gasteiger partial charge in [0.2, 0.25) is 0 Å². The molecule has 0 saturated carbocycles. The molecule has 0 aromatic rings. The maximum absolute atomic E-state index is 11.7. The van der Waals surface area contributed by atoms with Crippen molar-refractivity contribution in [1.82, 2.24) is 10.2 Å². The maximum Gasteiger partial charge on any atom is 0.317 e. The van der Waals surface area contributed by atoms with Crippen LogP contribution in [-0.2, 0) is 0 Å². The zero-order chi connectivity index (χ0) is 11.3. The Bertz CT molecular complexity index is 206. The fourth-order valence-corrected chi connectivity index (χ4v) is 1.72. The van der Waals surface area contributed by atoms with Crippen molar-refractivity contribution in [2.75, 3.05) is 26.2 Å². The van der Waals surface area contributed by atoms with Crippen molar-refractivity contribution in [2.45, 2.75) is 33.1 Å². The summed E-state index contributed by atoms with van der Waals surface area (Å²) in [5.41, 5.74) is 5.76. The second-order valence-electron chi connectivity index (χ2n) is 5.03. The average molecular weight is 213 g/mol. The van der Waals surface area contributed by atoms with Crippen LogP contribution in [0.2, 0.25) is 0 Å². The number of nitrogens with one attached hydrogen (secondary N) is 1. The molecule has 0 spiro atoms. The van der Waals surface area contributed by atoms with E-state index in [4.69, 9.17) is 5.73 Å². The van der Waals surface area contributed by atoms with Crippen LogP contribution < -0.4 is 11.1 Å². The van der Waals surface area contributed by atoms with E-state index in [1.54, 1.807) is 0 Å². The Kier molecular flexibility index (Phi) is 4.39. The molecule has 4 heteroatoms. The standard InChI is InChI=1S/C11H23N3O/c1-11(2)4-8-14(9-5-11)10(15)13-7-3-6-12/h3-9,12H2,1-2H3,(H,13,15). The van der Waals surface area contributed by atoms with Gasteiger partial charge in [0.15, 0.2) is 0 Å². The topological polar surface area (TPSA) is 58.4 Å². The third-order valence-electron chi connectivity index (χ3n) is 3.06. The van der Waals surface area contributed by atoms with Gasteiger partial charge in [0.1, 0.15) is 0 Å². The van der Waals surface area contributed by atoms with Crippen molar-refractivity contribution in [3.8, 4) is 0 Å². The molecule has 0 bridgehead atoms. The minimum Gasteiger partial charge on any atom is -0.338 e. The van der Waals surface area contributed by atoms with Crippen LogP contribution in [0.5, 0.6) is 0 Å². The summed E-state index contributed by atoms with van der Waals surface area (Å²) in [5.74, 6) is 0. The number of rotatable bonds is 3. The molecule has 1 aliphatic rings. The Balaban J connectivity index is 2.24. The Morgan fingerprint density at radius 1 is 1.40 bits per heavy atom. The number of nitrogens with two attached hydrogens (primary N) is 1. The van der Waals surface area contributed by atoms with Gasteiger partial charge in [-0.25, -0.2) is 4.79 Å². The fraction of sp³-hybridized carbons (Fsp3) is 0.909. The third kappa shape index (κ3) is 4.08. The van der Waals surface area contributed by atoms with Crippen LogP contribution >= 0.6 is 0 Å². The predicted octanol–water partition coefficient (Wildman–Crippen LogP) is 1.17. The number of carbonyl (C=O) groups is 1. The van der Waals surface area contributed by atoms with Crippen LogP contribution in [0.1, 0.15) is 33.1 Å². The molecule has 0 aromatic carbocycles. The first-order valence-electron chi connectivity index (χ1n) is 5.78. The van der Waals surface area contributed by atoms with Crippen molar-refractivity contribution >= 4 is 6.03 Å². The van der Waals surface area contributed by atoms with Gasteiger partial charge < -0.3 is 16.0 Å². The summed E-state index contributed by atoms with van der Waals surface area (Å²) < 4.78 is 0. The molecule has 0 aliphatic carbocycles. The lowest BCUT2D eigenvalue weighted by Gasteiger charge is -2.36. The van der Waals surface area contributed by atoms with Crippen molar-refractivity contribution in [3.63, 3.8) is 0 Å². The van der Waals surface area contributed by atoms with Crippen LogP contribution in [0.3, 0.4) is 0 Å². The van der Waals surface area contributed by atoms with E-state index in [1.807, 2.05) is 4.90 Å². The Hall–Kier alpha value is -0.770. The fourth-order valence-electron chi connectivity index (χ4n) is 1.72. The number of amides is 2. The van der Waals surface area contributed by atoms with E-state index in [2.05, 4.69) is 19.2 Å². The summed E-state index contributed by atoms with van der Waals surface area (Å²) in [5, 5.41) is 2.89. The van der Waals surface area contributed by atoms with Gasteiger partial charge in [0.25, 0.3) is 0 Å². The zero-order valence-corrected chi connectivity index (χ0v) is 9.88. The van der Waals surface area contributed by atoms with Crippen LogP contribution in [0.25, 0.3) is 0 Å². The maximum atomic E-state index is 11.7. The molecular weight excluding hydrogens is 190 g/mol. The van der Waals surface area contributed by atoms with E-state index >= 15 is 0 Å². The lowest BCUT2D eigenvalue weighted by Crippen LogP contribution is -2.46. The summed E-state index contributed by atoms with van der Waals surface area (Å²) in [6, 6.07) is 0.0685. The molecule has 3 N–H and O–H groups in total. The highest BCUT2D eigenvalue weighted by atomic mass is 16.2. The van der Waals surface area contributed by atoms with Crippen LogP contribution in [0.15, 0.2) is 0 Å². The summed E-state index contributed by atoms with van der Waals surface area (Å²) in [6.45, 7) is 7.60. The van der Waals surface area contributed by atoms with E-state index in [0.29, 0.717) is 18.5 Å². The van der Waals surface area contributed by atoms with Gasteiger partial charge in [-0.05, 0) is 31.2 Å². The second-order valence-corrected chi connectivity index (χ2v) is 5.03. The van der Waals surface area contributed by atoms with E-state index in [1.165, 1.54) is 0 Å². The minimum atomic E-state index is 0.0685. The third-order valence-corrected chi connectivity index (χ3v) is 3.06. The molecule has 1 rings (SSSR count). The molecule has 1 fully saturated rings. The molecule has 1 saturated heterocycles. The largest absolute Gasteiger partial charge is 0.338 e. The van der Waals surface area contributed by atoms with Gasteiger partial charge in [-0.15, -0.1) is 0 Å². The number of nitrogens with zero attached hydrogens (tertiary/aromatic N) is 1. The Morgan fingerprint density at radius 3 is 2.53 bits per heavy atom. The summed E-state index contributed by atoms with van der Waals surface area (Å²) >= 11 is 0. The molecular formula is C11H23N3O. The lowest BCUT2D eigenvalue weighted by atomic mass is 9.83. The molecule has 0 radical (unpaired) electrons. The monoisotopic (exact) mass is 213 g/mol. The van der Waals surface area contributed by atoms with Gasteiger partial charge in [-0.2, -0.15) is 0 Å². The SMILES string of the molecule is CC1(C)CCN(C(=O)NCCCN)CC1. The Morgan fingerprint density at radius 2 is 2.00 bits per heavy atom. The molecule has 88 valence electrons. The van der Waals surface area contributed by atoms with Crippen LogP contribution in [0, 0.1) is 5.41 Å². The highest BCUT2D eigenvalue weighted by Crippen LogP contribution is 2.29. The van der Waals surface area contributed by atoms with Gasteiger partial charge in [0, 0.05) is 19.6 Å². The predicted molar refractivity (Wildman–Crippen MR) is 61.7 cm³/mol. The van der Waals surface area contributed by atoms with E-state index < -0.39 is 0 Å². The van der Waals surface area contributed by atoms with Crippen LogP contribution in [-0.4, -0.2) is 37.1 Å². The number of urea groups is 1. The second kappa shape index (κ2) is 5.35. The molecule has 4 nitrogen and oxygen atoms in total. The summed E-state index contributed by atoms with van der Waals surface area (Å²) in [4.78, 5) is 13.6. The van der Waals surface area contributed by atoms with E-state index in [0.717, 1.165) is 32.4 Å². The molecule has 0 atom stereocenters. The van der Waals surface area contributed by atoms with Gasteiger partial charge in [-0.3, -0.25) is 0 Å². The highest BCUT2D eigenvalue weighted by Gasteiger charge is 2.27. The summed E-state index contributed by atoms with van der Waals surface area (Å²) in [6.07, 6.45) is 3.04. The Labute approximate surface area is 92.2 Å². The van der Waals surface area contributed by atoms with Crippen molar-refractivity contribution in [2.24, 2.45) is 11.1 Å². The van der Waals surface area contributed by atoms with Gasteiger partial charge in [-0.1, -0.05) is 13.8 Å². The number of likely N-dealkylation sites (tertiary alicyclic amines) is 1. The first-order valence-corrected chi connectivity index (χ1v) is 5.78. The highest BCUT2D eigenvalue weighted by molar-refractivity contribution is 5.74. The number of hydrogen-bond donors (Lipinski definition) is 2. The number of carbonyl (C=O) groups excluding carboxylic acids is 1. The van der Waals surface area contributed by atoms with Crippen molar-refractivity contribution in [3.05, 3.63) is 0 Å². The minimum absolute atomic E-state index is 0.0685. The van der Waals surface area contributed by atoms with Crippen LogP contribution in [0.4, 0.5) is 4.79 Å².